The molecule has 0 rings (SSSR count). The van der Waals surface area contributed by atoms with Crippen LogP contribution in [0.25, 0.3) is 0 Å². The number of nitrogens with two attached hydrogens (primary N) is 2. The van der Waals surface area contributed by atoms with Gasteiger partial charge in [0, 0.05) is 28.6 Å². The second kappa shape index (κ2) is 9.32. The fourth-order valence-electron chi connectivity index (χ4n) is 0.385. The zero-order valence-electron chi connectivity index (χ0n) is 7.63. The van der Waals surface area contributed by atoms with Crippen LogP contribution in [0.3, 0.4) is 0 Å². The maximum absolute atomic E-state index is 10.3. The topological polar surface area (TPSA) is 127 Å². The third-order valence-electron chi connectivity index (χ3n) is 1.21. The smallest absolute Gasteiger partial charge is 0.321 e. The van der Waals surface area contributed by atoms with Crippen molar-refractivity contribution in [1.82, 2.24) is 0 Å². The number of aliphatic carboxylic acids is 2. The van der Waals surface area contributed by atoms with E-state index in [9.17, 15) is 9.59 Å². The van der Waals surface area contributed by atoms with Crippen molar-refractivity contribution >= 4 is 33.5 Å². The van der Waals surface area contributed by atoms with Crippen LogP contribution in [0.5, 0.6) is 0 Å². The molecule has 0 aliphatic rings. The van der Waals surface area contributed by atoms with Crippen LogP contribution < -0.4 is 11.5 Å². The van der Waals surface area contributed by atoms with Gasteiger partial charge in [-0.05, 0) is 0 Å². The number of carboxylic acid groups (broad SMARTS) is 2. The summed E-state index contributed by atoms with van der Waals surface area (Å²) >= 11 is 0. The first kappa shape index (κ1) is 17.5. The number of hydrogen-bond donors (Lipinski definition) is 4. The van der Waals surface area contributed by atoms with Crippen molar-refractivity contribution in [3.05, 3.63) is 0 Å². The van der Waals surface area contributed by atoms with Gasteiger partial charge >= 0.3 is 11.9 Å². The molecule has 89 valence electrons. The summed E-state index contributed by atoms with van der Waals surface area (Å²) in [5, 5.41) is 16.8. The van der Waals surface area contributed by atoms with Gasteiger partial charge in [0.2, 0.25) is 0 Å². The molecule has 0 saturated heterocycles. The average molecular weight is 295 g/mol. The van der Waals surface area contributed by atoms with Crippen molar-refractivity contribution in [2.75, 3.05) is 11.5 Å². The van der Waals surface area contributed by atoms with Crippen LogP contribution in [0.4, 0.5) is 0 Å². The fourth-order valence-corrected chi connectivity index (χ4v) is 2.61. The van der Waals surface area contributed by atoms with E-state index in [1.54, 1.807) is 0 Å². The van der Waals surface area contributed by atoms with Gasteiger partial charge in [0.1, 0.15) is 12.1 Å². The van der Waals surface area contributed by atoms with Gasteiger partial charge in [0.05, 0.1) is 0 Å². The standard InChI is InChI=1S/C6H12N2O4S2.Mn/c7-3(5(9)10)1-13-14-2-4(8)6(11)12;/h3-4H,1-2,7-8H2,(H,9,10)(H,11,12);. The third-order valence-corrected chi connectivity index (χ3v) is 3.69. The molecule has 0 aromatic carbocycles. The summed E-state index contributed by atoms with van der Waals surface area (Å²) in [5.41, 5.74) is 10.4. The van der Waals surface area contributed by atoms with Gasteiger partial charge in [-0.3, -0.25) is 9.59 Å². The van der Waals surface area contributed by atoms with Crippen LogP contribution in [0.1, 0.15) is 0 Å². The number of carboxylic acids is 2. The molecule has 9 heteroatoms. The molecule has 1 radical (unpaired) electrons. The van der Waals surface area contributed by atoms with E-state index >= 15 is 0 Å². The van der Waals surface area contributed by atoms with E-state index < -0.39 is 24.0 Å². The average Bonchev–Trinajstić information content (AvgIpc) is 2.11. The minimum Gasteiger partial charge on any atom is -0.480 e. The van der Waals surface area contributed by atoms with Gasteiger partial charge < -0.3 is 21.7 Å². The molecule has 6 N–H and O–H groups in total. The Labute approximate surface area is 105 Å². The first-order chi connectivity index (χ1) is 6.45. The van der Waals surface area contributed by atoms with E-state index in [0.717, 1.165) is 0 Å². The van der Waals surface area contributed by atoms with Crippen LogP contribution in [-0.4, -0.2) is 45.7 Å². The minimum atomic E-state index is -1.07. The Morgan fingerprint density at radius 3 is 1.47 bits per heavy atom. The summed E-state index contributed by atoms with van der Waals surface area (Å²) in [5.74, 6) is -1.68. The Morgan fingerprint density at radius 1 is 1.00 bits per heavy atom. The van der Waals surface area contributed by atoms with E-state index in [1.165, 1.54) is 21.6 Å². The largest absolute Gasteiger partial charge is 0.480 e. The number of rotatable bonds is 7. The molecule has 15 heavy (non-hydrogen) atoms. The molecule has 2 atom stereocenters. The van der Waals surface area contributed by atoms with Crippen molar-refractivity contribution in [2.45, 2.75) is 12.1 Å². The van der Waals surface area contributed by atoms with Crippen molar-refractivity contribution < 1.29 is 36.9 Å². The van der Waals surface area contributed by atoms with E-state index in [0.29, 0.717) is 0 Å². The Kier molecular flexibility index (Phi) is 10.9. The van der Waals surface area contributed by atoms with Gasteiger partial charge in [-0.2, -0.15) is 0 Å². The monoisotopic (exact) mass is 295 g/mol. The van der Waals surface area contributed by atoms with Gasteiger partial charge in [0.25, 0.3) is 0 Å². The van der Waals surface area contributed by atoms with Crippen LogP contribution in [0, 0.1) is 0 Å². The van der Waals surface area contributed by atoms with Crippen LogP contribution in [-0.2, 0) is 26.7 Å². The number of hydrogen-bond acceptors (Lipinski definition) is 6. The molecule has 0 bridgehead atoms. The molecule has 0 saturated carbocycles. The maximum atomic E-state index is 10.3. The fraction of sp³-hybridized carbons (Fsp3) is 0.667. The SMILES string of the molecule is NC(CSSCC(N)C(=O)O)C(=O)O.[Mn]. The number of carbonyl (C=O) groups is 2. The molecule has 0 spiro atoms. The zero-order chi connectivity index (χ0) is 11.1. The summed E-state index contributed by atoms with van der Waals surface area (Å²) < 4.78 is 0. The second-order valence-corrected chi connectivity index (χ2v) is 5.01. The molecule has 0 heterocycles. The quantitative estimate of drug-likeness (QED) is 0.273. The Morgan fingerprint density at radius 2 is 1.27 bits per heavy atom. The molecule has 0 aromatic rings. The normalized spacial score (nSPS) is 13.7. The second-order valence-electron chi connectivity index (χ2n) is 2.46. The molecule has 0 aliphatic carbocycles. The van der Waals surface area contributed by atoms with E-state index in [4.69, 9.17) is 21.7 Å². The Bertz CT molecular complexity index is 197. The van der Waals surface area contributed by atoms with Crippen molar-refractivity contribution in [1.29, 1.82) is 0 Å². The molecular formula is C6H12MnN2O4S2. The third kappa shape index (κ3) is 9.03. The summed E-state index contributed by atoms with van der Waals surface area (Å²) in [6.45, 7) is 0. The first-order valence-electron chi connectivity index (χ1n) is 3.66. The first-order valence-corrected chi connectivity index (χ1v) is 6.15. The van der Waals surface area contributed by atoms with Crippen molar-refractivity contribution in [3.63, 3.8) is 0 Å². The molecule has 0 aliphatic heterocycles. The predicted molar refractivity (Wildman–Crippen MR) is 56.1 cm³/mol. The van der Waals surface area contributed by atoms with E-state index in [1.807, 2.05) is 0 Å². The van der Waals surface area contributed by atoms with Gasteiger partial charge in [0.15, 0.2) is 0 Å². The van der Waals surface area contributed by atoms with Gasteiger partial charge in [-0.15, -0.1) is 0 Å². The van der Waals surface area contributed by atoms with Crippen molar-refractivity contribution in [3.8, 4) is 0 Å². The van der Waals surface area contributed by atoms with E-state index in [-0.39, 0.29) is 28.6 Å². The molecule has 6 nitrogen and oxygen atoms in total. The molecular weight excluding hydrogens is 283 g/mol. The molecule has 0 fully saturated rings. The maximum Gasteiger partial charge on any atom is 0.321 e. The summed E-state index contributed by atoms with van der Waals surface area (Å²) in [6.07, 6.45) is 0. The van der Waals surface area contributed by atoms with Gasteiger partial charge in [-0.1, -0.05) is 21.6 Å². The zero-order valence-corrected chi connectivity index (χ0v) is 10.4. The Balaban J connectivity index is 0. The van der Waals surface area contributed by atoms with E-state index in [2.05, 4.69) is 0 Å². The van der Waals surface area contributed by atoms with Crippen molar-refractivity contribution in [2.24, 2.45) is 11.5 Å². The molecule has 0 amide bonds. The van der Waals surface area contributed by atoms with Crippen LogP contribution in [0.15, 0.2) is 0 Å². The summed E-state index contributed by atoms with van der Waals surface area (Å²) in [6, 6.07) is -1.85. The summed E-state index contributed by atoms with van der Waals surface area (Å²) in [7, 11) is 2.41. The van der Waals surface area contributed by atoms with Crippen LogP contribution >= 0.6 is 21.6 Å². The molecule has 0 aromatic heterocycles. The Hall–Kier alpha value is 0.0795. The van der Waals surface area contributed by atoms with Gasteiger partial charge in [-0.25, -0.2) is 0 Å². The van der Waals surface area contributed by atoms with Crippen LogP contribution in [0.2, 0.25) is 0 Å². The minimum absolute atomic E-state index is 0. The predicted octanol–water partition coefficient (Wildman–Crippen LogP) is -0.811. The summed E-state index contributed by atoms with van der Waals surface area (Å²) in [4.78, 5) is 20.5. The molecule has 2 unspecified atom stereocenters.